The van der Waals surface area contributed by atoms with Crippen molar-refractivity contribution in [1.29, 1.82) is 0 Å². The summed E-state index contributed by atoms with van der Waals surface area (Å²) in [5.74, 6) is -12.7. The van der Waals surface area contributed by atoms with Crippen LogP contribution in [0.4, 0.5) is 0 Å². The van der Waals surface area contributed by atoms with E-state index in [-0.39, 0.29) is 90.3 Å². The smallest absolute Gasteiger partial charge is 0.756 e. The Labute approximate surface area is 493 Å². The zero-order chi connectivity index (χ0) is 61.9. The van der Waals surface area contributed by atoms with E-state index in [1.807, 2.05) is 0 Å². The van der Waals surface area contributed by atoms with E-state index in [0.29, 0.717) is 6.42 Å². The molecule has 0 aromatic heterocycles. The van der Waals surface area contributed by atoms with Crippen LogP contribution < -0.4 is 53.2 Å². The molecular weight excluding hydrogens is 1140 g/mol. The first-order valence-electron chi connectivity index (χ1n) is 27.3. The Morgan fingerprint density at radius 1 is 0.627 bits per heavy atom. The number of nitrogens with zero attached hydrogens (tertiary/aromatic N) is 3. The van der Waals surface area contributed by atoms with Gasteiger partial charge in [-0.2, -0.15) is 0 Å². The molecule has 1 radical (unpaired) electrons. The van der Waals surface area contributed by atoms with E-state index in [9.17, 15) is 83.1 Å². The van der Waals surface area contributed by atoms with E-state index >= 15 is 0 Å². The first-order chi connectivity index (χ1) is 38.7. The molecule has 7 atom stereocenters. The number of allylic oxidation sites excluding steroid dienone is 1. The molecule has 0 bridgehead atoms. The largest absolute Gasteiger partial charge is 3.00 e. The van der Waals surface area contributed by atoms with Crippen molar-refractivity contribution in [3.05, 3.63) is 27.8 Å². The number of aliphatic hydroxyl groups excluding tert-OH is 1. The molecular formula is C51H84FeN13O18. The molecule has 3 unspecified atom stereocenters. The van der Waals surface area contributed by atoms with Gasteiger partial charge in [0.05, 0.1) is 25.7 Å². The van der Waals surface area contributed by atoms with Crippen LogP contribution in [0, 0.1) is 21.5 Å². The van der Waals surface area contributed by atoms with Crippen molar-refractivity contribution in [2.75, 3.05) is 59.0 Å². The minimum atomic E-state index is -1.72. The van der Waals surface area contributed by atoms with Crippen molar-refractivity contribution >= 4 is 76.9 Å². The summed E-state index contributed by atoms with van der Waals surface area (Å²) in [7, 11) is 0. The second-order valence-electron chi connectivity index (χ2n) is 19.8. The summed E-state index contributed by atoms with van der Waals surface area (Å²) in [6.07, 6.45) is 6.77. The predicted molar refractivity (Wildman–Crippen MR) is 293 cm³/mol. The van der Waals surface area contributed by atoms with Crippen LogP contribution in [0.5, 0.6) is 0 Å². The number of carbonyl (C=O) groups is 13. The molecule has 83 heavy (non-hydrogen) atoms. The molecule has 32 heteroatoms. The van der Waals surface area contributed by atoms with Crippen molar-refractivity contribution in [1.82, 2.24) is 68.4 Å². The number of carbonyl (C=O) groups excluding carboxylic acids is 13. The second kappa shape index (κ2) is 42.0. The summed E-state index contributed by atoms with van der Waals surface area (Å²) in [5, 5.41) is 71.3. The van der Waals surface area contributed by atoms with Crippen molar-refractivity contribution in [2.45, 2.75) is 168 Å². The Bertz CT molecular complexity index is 2190. The first kappa shape index (κ1) is 76.2. The van der Waals surface area contributed by atoms with Crippen LogP contribution in [-0.2, 0) is 84.1 Å². The van der Waals surface area contributed by atoms with Crippen molar-refractivity contribution in [2.24, 2.45) is 5.92 Å². The van der Waals surface area contributed by atoms with E-state index in [0.717, 1.165) is 46.5 Å². The number of ether oxygens (including phenoxy) is 1. The fourth-order valence-corrected chi connectivity index (χ4v) is 7.59. The summed E-state index contributed by atoms with van der Waals surface area (Å²) in [6, 6.07) is -9.84. The Morgan fingerprint density at radius 3 is 1.66 bits per heavy atom. The van der Waals surface area contributed by atoms with Crippen LogP contribution in [0.2, 0.25) is 0 Å². The summed E-state index contributed by atoms with van der Waals surface area (Å²) in [5.41, 5.74) is 0. The molecule has 1 aliphatic rings. The van der Waals surface area contributed by atoms with Gasteiger partial charge in [-0.3, -0.25) is 62.3 Å². The minimum absolute atomic E-state index is 0. The van der Waals surface area contributed by atoms with Gasteiger partial charge in [0.1, 0.15) is 43.4 Å². The average Bonchev–Trinajstić information content (AvgIpc) is 3.43. The maximum absolute atomic E-state index is 14.0. The molecule has 1 heterocycles. The number of unbranched alkanes of at least 4 members (excludes halogenated alkanes) is 4. The number of nitrogens with one attached hydrogen (secondary N) is 10. The predicted octanol–water partition coefficient (Wildman–Crippen LogP) is -3.28. The number of amides is 12. The third-order valence-electron chi connectivity index (χ3n) is 12.5. The van der Waals surface area contributed by atoms with Crippen molar-refractivity contribution in [3.63, 3.8) is 0 Å². The number of rotatable bonds is 22. The molecule has 0 saturated carbocycles. The third-order valence-corrected chi connectivity index (χ3v) is 12.5. The van der Waals surface area contributed by atoms with Gasteiger partial charge in [-0.15, -0.1) is 0 Å². The fourth-order valence-electron chi connectivity index (χ4n) is 7.59. The number of esters is 1. The molecule has 0 aromatic rings. The minimum Gasteiger partial charge on any atom is -0.756 e. The summed E-state index contributed by atoms with van der Waals surface area (Å²) in [6.45, 7) is 4.01. The molecule has 0 aliphatic carbocycles. The Hall–Kier alpha value is -6.83. The number of hydrogen-bond donors (Lipinski definition) is 11. The number of hydroxylamine groups is 6. The average molecular weight is 1220 g/mol. The van der Waals surface area contributed by atoms with Crippen molar-refractivity contribution < 1.29 is 89.2 Å². The SMILES string of the molecule is CCCCCC/C=C\CC(=O)N[C@H]1COC(=O)CNC(=O)C(CCCN([O-])C(C)=O)NC(=O)CNC(=O)[C@H](C)NCC(CCCN([O-])C(C)=O)NC(=O)[C@H](CO)NC(=O)[C@@H](C(C)C)NC(=O)CNC(=O)C(CCCN([O-])C(C)=O)NC1=O.[Fe+3]. The van der Waals surface area contributed by atoms with Crippen LogP contribution in [0.15, 0.2) is 12.2 Å². The van der Waals surface area contributed by atoms with E-state index in [2.05, 4.69) is 60.1 Å². The molecule has 0 spiro atoms. The van der Waals surface area contributed by atoms with E-state index < -0.39 is 171 Å². The molecule has 31 nitrogen and oxygen atoms in total. The van der Waals surface area contributed by atoms with Crippen LogP contribution in [0.3, 0.4) is 0 Å². The standard InChI is InChI=1S/C51H84N13O18.Fe/c1-8-9-10-11-12-13-14-21-41(69)58-40-30-82-44(72)28-55-47(74)37(19-16-23-63(80)34(6)67)57-42(70)26-53-46(73)32(4)52-25-36(18-15-22-62(79)33(5)66)56-49(76)39(29-65)60-51(78)45(31(2)3)61-43(71)27-54-48(75)38(59-50(40)77)20-17-24-64(81)35(7)68;/h13-14,31-32,36-40,45,52,65H,8-12,15-30H2,1-7H3,(H,53,73)(H,54,75)(H,55,74)(H,56,76)(H,57,70)(H,58,69)(H,59,77)(H,60,78)(H,61,71);/q-3;+3/b14-13-;/t32-,36?,37?,38?,39-,40-,45+;/m0./s1. The zero-order valence-electron chi connectivity index (χ0n) is 48.2. The Balaban J connectivity index is 0.0000672. The van der Waals surface area contributed by atoms with Crippen molar-refractivity contribution in [3.8, 4) is 0 Å². The zero-order valence-corrected chi connectivity index (χ0v) is 49.3. The second-order valence-corrected chi connectivity index (χ2v) is 19.8. The third kappa shape index (κ3) is 32.6. The topological polar surface area (TPSA) is 451 Å². The Morgan fingerprint density at radius 2 is 1.13 bits per heavy atom. The van der Waals surface area contributed by atoms with Gasteiger partial charge in [-0.1, -0.05) is 52.2 Å². The van der Waals surface area contributed by atoms with Gasteiger partial charge < -0.3 is 93.8 Å². The number of cyclic esters (lactones) is 1. The monoisotopic (exact) mass is 1220 g/mol. The van der Waals surface area contributed by atoms with Crippen LogP contribution in [-0.4, -0.2) is 198 Å². The van der Waals surface area contributed by atoms with Gasteiger partial charge in [0.25, 0.3) is 0 Å². The van der Waals surface area contributed by atoms with E-state index in [4.69, 9.17) is 4.74 Å². The number of aliphatic hydroxyl groups is 1. The molecule has 1 rings (SSSR count). The van der Waals surface area contributed by atoms with Crippen LogP contribution >= 0.6 is 0 Å². The van der Waals surface area contributed by atoms with Gasteiger partial charge in [-0.05, 0) is 64.2 Å². The maximum Gasteiger partial charge on any atom is 3.00 e. The van der Waals surface area contributed by atoms with Crippen LogP contribution in [0.1, 0.15) is 126 Å². The molecule has 1 aliphatic heterocycles. The summed E-state index contributed by atoms with van der Waals surface area (Å²) >= 11 is 0. The molecule has 11 N–H and O–H groups in total. The normalized spacial score (nSPS) is 21.8. The van der Waals surface area contributed by atoms with Gasteiger partial charge in [0.15, 0.2) is 0 Å². The van der Waals surface area contributed by atoms with Gasteiger partial charge in [-0.25, -0.2) is 0 Å². The number of hydrogen-bond acceptors (Lipinski definition) is 19. The van der Waals surface area contributed by atoms with Gasteiger partial charge >= 0.3 is 23.0 Å². The molecule has 0 aromatic carbocycles. The molecule has 1 fully saturated rings. The quantitative estimate of drug-likeness (QED) is 0.0166. The maximum atomic E-state index is 14.0. The van der Waals surface area contributed by atoms with E-state index in [1.165, 1.54) is 20.8 Å². The fraction of sp³-hybridized carbons (Fsp3) is 0.706. The Kier molecular flexibility index (Phi) is 38.6. The molecule has 469 valence electrons. The van der Waals surface area contributed by atoms with Gasteiger partial charge in [0.2, 0.25) is 70.9 Å². The molecule has 1 saturated heterocycles. The van der Waals surface area contributed by atoms with Crippen LogP contribution in [0.25, 0.3) is 0 Å². The summed E-state index contributed by atoms with van der Waals surface area (Å²) < 4.78 is 5.28. The first-order valence-corrected chi connectivity index (χ1v) is 27.3. The van der Waals surface area contributed by atoms with Gasteiger partial charge in [0, 0.05) is 59.4 Å². The summed E-state index contributed by atoms with van der Waals surface area (Å²) in [4.78, 5) is 169. The van der Waals surface area contributed by atoms with E-state index in [1.54, 1.807) is 12.2 Å². The molecule has 12 amide bonds.